The molecule has 3 aromatic rings. The molecule has 0 aliphatic rings. The molecule has 0 saturated carbocycles. The highest BCUT2D eigenvalue weighted by molar-refractivity contribution is 5.83. The van der Waals surface area contributed by atoms with Crippen LogP contribution in [0.15, 0.2) is 5.73 Å². The number of halogens is 15. The summed E-state index contributed by atoms with van der Waals surface area (Å²) >= 11 is 0. The van der Waals surface area contributed by atoms with Gasteiger partial charge in [-0.05, 0) is 6.08 Å². The summed E-state index contributed by atoms with van der Waals surface area (Å²) in [6, 6.07) is 0. The van der Waals surface area contributed by atoms with Gasteiger partial charge in [0.1, 0.15) is 0 Å². The molecule has 0 nitrogen and oxygen atoms in total. The van der Waals surface area contributed by atoms with Gasteiger partial charge in [-0.3, -0.25) is 0 Å². The predicted molar refractivity (Wildman–Crippen MR) is 89.2 cm³/mol. The molecule has 0 aromatic heterocycles. The monoisotopic (exact) mass is 538 g/mol. The van der Waals surface area contributed by atoms with E-state index < -0.39 is 116 Å². The topological polar surface area (TPSA) is 0 Å². The van der Waals surface area contributed by atoms with E-state index >= 15 is 0 Å². The normalized spacial score (nSPS) is 11.1. The quantitative estimate of drug-likeness (QED) is 0.140. The Morgan fingerprint density at radius 1 is 0.333 bits per heavy atom. The van der Waals surface area contributed by atoms with E-state index in [2.05, 4.69) is 0 Å². The van der Waals surface area contributed by atoms with Gasteiger partial charge < -0.3 is 0 Å². The molecule has 0 bridgehead atoms. The SMILES string of the molecule is Fc1c(F)c(F)c(C=C=C(c2c(F)c(F)c(F)c(F)c2F)c2c(F)c(F)c(F)c(F)c2F)c(F)c1F. The van der Waals surface area contributed by atoms with Crippen LogP contribution in [-0.4, -0.2) is 0 Å². The molecule has 0 unspecified atom stereocenters. The fourth-order valence-corrected chi connectivity index (χ4v) is 2.81. The highest BCUT2D eigenvalue weighted by atomic mass is 19.2. The van der Waals surface area contributed by atoms with Crippen LogP contribution in [0.2, 0.25) is 0 Å². The van der Waals surface area contributed by atoms with E-state index in [-0.39, 0.29) is 0 Å². The van der Waals surface area contributed by atoms with Crippen molar-refractivity contribution in [3.63, 3.8) is 0 Å². The lowest BCUT2D eigenvalue weighted by Gasteiger charge is -2.13. The van der Waals surface area contributed by atoms with E-state index in [1.54, 1.807) is 0 Å². The number of benzene rings is 3. The van der Waals surface area contributed by atoms with Gasteiger partial charge >= 0.3 is 0 Å². The zero-order valence-electron chi connectivity index (χ0n) is 16.2. The van der Waals surface area contributed by atoms with Gasteiger partial charge in [0.2, 0.25) is 17.5 Å². The van der Waals surface area contributed by atoms with Gasteiger partial charge in [0.25, 0.3) is 0 Å². The second kappa shape index (κ2) is 9.30. The minimum atomic E-state index is -2.89. The zero-order valence-corrected chi connectivity index (χ0v) is 16.2. The summed E-state index contributed by atoms with van der Waals surface area (Å²) in [5.41, 5.74) is -7.99. The summed E-state index contributed by atoms with van der Waals surface area (Å²) in [5, 5.41) is 0. The van der Waals surface area contributed by atoms with Crippen molar-refractivity contribution < 1.29 is 65.9 Å². The first kappa shape index (κ1) is 26.7. The maximum Gasteiger partial charge on any atom is 0.200 e. The maximum absolute atomic E-state index is 14.3. The van der Waals surface area contributed by atoms with Crippen molar-refractivity contribution in [1.29, 1.82) is 0 Å². The van der Waals surface area contributed by atoms with Crippen molar-refractivity contribution in [3.8, 4) is 0 Å². The highest BCUT2D eigenvalue weighted by Gasteiger charge is 2.34. The number of rotatable bonds is 3. The number of hydrogen-bond acceptors (Lipinski definition) is 0. The van der Waals surface area contributed by atoms with Crippen LogP contribution in [0.4, 0.5) is 65.9 Å². The molecule has 0 amide bonds. The van der Waals surface area contributed by atoms with Crippen LogP contribution in [-0.2, 0) is 0 Å². The standard InChI is InChI=1S/C21HF15/c22-7-4(8(23)14(29)19(34)13(7)28)2-1-3(5-9(24)15(30)20(35)16(31)10(5)25)6-11(26)17(32)21(36)18(33)12(6)27/h2H. The molecule has 0 heterocycles. The van der Waals surface area contributed by atoms with E-state index in [0.29, 0.717) is 0 Å². The van der Waals surface area contributed by atoms with Crippen LogP contribution in [0.5, 0.6) is 0 Å². The first-order chi connectivity index (χ1) is 16.6. The fourth-order valence-electron chi connectivity index (χ4n) is 2.81. The van der Waals surface area contributed by atoms with Crippen molar-refractivity contribution in [2.45, 2.75) is 0 Å². The minimum absolute atomic E-state index is 0.471. The van der Waals surface area contributed by atoms with E-state index in [4.69, 9.17) is 0 Å². The molecular formula is C21HF15. The Morgan fingerprint density at radius 3 is 0.833 bits per heavy atom. The molecule has 0 atom stereocenters. The summed E-state index contributed by atoms with van der Waals surface area (Å²) in [4.78, 5) is 0. The first-order valence-corrected chi connectivity index (χ1v) is 8.66. The van der Waals surface area contributed by atoms with E-state index in [0.717, 1.165) is 5.73 Å². The molecule has 3 rings (SSSR count). The van der Waals surface area contributed by atoms with Crippen LogP contribution in [0.1, 0.15) is 16.7 Å². The molecule has 15 heteroatoms. The maximum atomic E-state index is 14.3. The van der Waals surface area contributed by atoms with Crippen LogP contribution in [0.25, 0.3) is 11.6 Å². The van der Waals surface area contributed by atoms with Crippen LogP contribution in [0, 0.1) is 87.3 Å². The summed E-state index contributed by atoms with van der Waals surface area (Å²) < 4.78 is 207. The molecule has 0 N–H and O–H groups in total. The summed E-state index contributed by atoms with van der Waals surface area (Å²) in [6.45, 7) is 0. The van der Waals surface area contributed by atoms with Gasteiger partial charge in [0.05, 0.1) is 16.7 Å². The van der Waals surface area contributed by atoms with Gasteiger partial charge in [0, 0.05) is 5.57 Å². The molecule has 0 aliphatic heterocycles. The predicted octanol–water partition coefficient (Wildman–Crippen LogP) is 7.52. The third-order valence-corrected chi connectivity index (χ3v) is 4.52. The molecule has 0 saturated heterocycles. The first-order valence-electron chi connectivity index (χ1n) is 8.66. The van der Waals surface area contributed by atoms with Crippen molar-refractivity contribution in [1.82, 2.24) is 0 Å². The second-order valence-electron chi connectivity index (χ2n) is 6.54. The van der Waals surface area contributed by atoms with Crippen LogP contribution >= 0.6 is 0 Å². The third-order valence-electron chi connectivity index (χ3n) is 4.52. The molecule has 0 spiro atoms. The molecule has 36 heavy (non-hydrogen) atoms. The van der Waals surface area contributed by atoms with Gasteiger partial charge in [-0.15, -0.1) is 5.73 Å². The van der Waals surface area contributed by atoms with Crippen LogP contribution < -0.4 is 0 Å². The lowest BCUT2D eigenvalue weighted by molar-refractivity contribution is 0.372. The average molecular weight is 538 g/mol. The Labute approximate surface area is 188 Å². The second-order valence-corrected chi connectivity index (χ2v) is 6.54. The van der Waals surface area contributed by atoms with Crippen molar-refractivity contribution in [2.24, 2.45) is 0 Å². The lowest BCUT2D eigenvalue weighted by Crippen LogP contribution is -2.12. The van der Waals surface area contributed by atoms with Crippen molar-refractivity contribution in [2.75, 3.05) is 0 Å². The van der Waals surface area contributed by atoms with Crippen molar-refractivity contribution in [3.05, 3.63) is 110 Å². The Morgan fingerprint density at radius 2 is 0.556 bits per heavy atom. The van der Waals surface area contributed by atoms with Gasteiger partial charge in [-0.1, -0.05) is 0 Å². The molecule has 0 radical (unpaired) electrons. The summed E-state index contributed by atoms with van der Waals surface area (Å²) in [6.07, 6.45) is -0.471. The minimum Gasteiger partial charge on any atom is -0.203 e. The highest BCUT2D eigenvalue weighted by Crippen LogP contribution is 2.37. The molecule has 3 aromatic carbocycles. The zero-order chi connectivity index (χ0) is 27.4. The largest absolute Gasteiger partial charge is 0.203 e. The summed E-state index contributed by atoms with van der Waals surface area (Å²) in [5.74, 6) is -41.9. The Bertz CT molecular complexity index is 1350. The smallest absolute Gasteiger partial charge is 0.200 e. The van der Waals surface area contributed by atoms with E-state index in [1.165, 1.54) is 0 Å². The lowest BCUT2D eigenvalue weighted by atomic mass is 9.95. The van der Waals surface area contributed by atoms with Crippen molar-refractivity contribution >= 4 is 11.6 Å². The van der Waals surface area contributed by atoms with Gasteiger partial charge in [-0.25, -0.2) is 65.9 Å². The van der Waals surface area contributed by atoms with Crippen LogP contribution in [0.3, 0.4) is 0 Å². The third kappa shape index (κ3) is 3.88. The average Bonchev–Trinajstić information content (AvgIpc) is 2.85. The van der Waals surface area contributed by atoms with E-state index in [1.807, 2.05) is 0 Å². The Hall–Kier alpha value is -3.87. The Kier molecular flexibility index (Phi) is 6.90. The Balaban J connectivity index is 2.61. The van der Waals surface area contributed by atoms with E-state index in [9.17, 15) is 65.9 Å². The molecule has 190 valence electrons. The summed E-state index contributed by atoms with van der Waals surface area (Å²) in [7, 11) is 0. The van der Waals surface area contributed by atoms with Gasteiger partial charge in [0.15, 0.2) is 69.8 Å². The molecule has 0 aliphatic carbocycles. The molecular weight excluding hydrogens is 537 g/mol. The molecule has 0 fully saturated rings. The number of hydrogen-bond donors (Lipinski definition) is 0. The fraction of sp³-hybridized carbons (Fsp3) is 0. The van der Waals surface area contributed by atoms with Gasteiger partial charge in [-0.2, -0.15) is 0 Å².